The Balaban J connectivity index is 1.70. The molecule has 3 rings (SSSR count). The molecule has 0 aliphatic rings. The number of nitrogens with one attached hydrogen (secondary N) is 3. The first kappa shape index (κ1) is 17.2. The molecule has 7 nitrogen and oxygen atoms in total. The SMILES string of the molecule is COC(=O)CNC(=O)c1cccc(NC(=O)c2cc3ccccc3[nH]2)c1. The molecule has 0 aliphatic carbocycles. The van der Waals surface area contributed by atoms with Gasteiger partial charge in [0, 0.05) is 22.2 Å². The van der Waals surface area contributed by atoms with Crippen LogP contribution in [-0.2, 0) is 9.53 Å². The lowest BCUT2D eigenvalue weighted by molar-refractivity contribution is -0.139. The molecule has 3 N–H and O–H groups in total. The summed E-state index contributed by atoms with van der Waals surface area (Å²) in [6.45, 7) is -0.221. The number of hydrogen-bond donors (Lipinski definition) is 3. The third-order valence-electron chi connectivity index (χ3n) is 3.78. The van der Waals surface area contributed by atoms with Gasteiger partial charge in [0.2, 0.25) is 0 Å². The van der Waals surface area contributed by atoms with Crippen molar-refractivity contribution < 1.29 is 19.1 Å². The van der Waals surface area contributed by atoms with Gasteiger partial charge < -0.3 is 20.4 Å². The fourth-order valence-electron chi connectivity index (χ4n) is 2.46. The van der Waals surface area contributed by atoms with Gasteiger partial charge in [0.15, 0.2) is 0 Å². The van der Waals surface area contributed by atoms with E-state index in [1.54, 1.807) is 24.3 Å². The summed E-state index contributed by atoms with van der Waals surface area (Å²) in [4.78, 5) is 38.6. The smallest absolute Gasteiger partial charge is 0.325 e. The second-order valence-electron chi connectivity index (χ2n) is 5.56. The van der Waals surface area contributed by atoms with E-state index in [9.17, 15) is 14.4 Å². The average Bonchev–Trinajstić information content (AvgIpc) is 3.10. The number of aromatic amines is 1. The van der Waals surface area contributed by atoms with Gasteiger partial charge in [-0.05, 0) is 30.3 Å². The van der Waals surface area contributed by atoms with Crippen LogP contribution in [-0.4, -0.2) is 36.4 Å². The molecule has 0 unspecified atom stereocenters. The molecule has 1 aromatic heterocycles. The van der Waals surface area contributed by atoms with Crippen molar-refractivity contribution in [3.8, 4) is 0 Å². The van der Waals surface area contributed by atoms with Gasteiger partial charge in [0.1, 0.15) is 12.2 Å². The van der Waals surface area contributed by atoms with Crippen molar-refractivity contribution in [2.45, 2.75) is 0 Å². The standard InChI is InChI=1S/C19H17N3O4/c1-26-17(23)11-20-18(24)13-6-4-7-14(9-13)21-19(25)16-10-12-5-2-3-8-15(12)22-16/h2-10,22H,11H2,1H3,(H,20,24)(H,21,25). The van der Waals surface area contributed by atoms with Gasteiger partial charge in [-0.15, -0.1) is 0 Å². The van der Waals surface area contributed by atoms with E-state index in [4.69, 9.17) is 0 Å². The summed E-state index contributed by atoms with van der Waals surface area (Å²) in [5, 5.41) is 6.13. The summed E-state index contributed by atoms with van der Waals surface area (Å²) in [5.41, 5.74) is 2.09. The number of carbonyl (C=O) groups is 3. The van der Waals surface area contributed by atoms with Crippen molar-refractivity contribution in [2.24, 2.45) is 0 Å². The van der Waals surface area contributed by atoms with E-state index < -0.39 is 11.9 Å². The lowest BCUT2D eigenvalue weighted by Gasteiger charge is -2.07. The normalized spacial score (nSPS) is 10.3. The van der Waals surface area contributed by atoms with Crippen LogP contribution in [0.4, 0.5) is 5.69 Å². The molecule has 0 saturated carbocycles. The van der Waals surface area contributed by atoms with Crippen LogP contribution in [0.15, 0.2) is 54.6 Å². The molecule has 0 atom stereocenters. The van der Waals surface area contributed by atoms with Crippen LogP contribution in [0.2, 0.25) is 0 Å². The molecule has 1 heterocycles. The fraction of sp³-hybridized carbons (Fsp3) is 0.105. The predicted molar refractivity (Wildman–Crippen MR) is 97.0 cm³/mol. The third kappa shape index (κ3) is 3.89. The summed E-state index contributed by atoms with van der Waals surface area (Å²) >= 11 is 0. The van der Waals surface area contributed by atoms with Crippen molar-refractivity contribution in [3.63, 3.8) is 0 Å². The number of rotatable bonds is 5. The van der Waals surface area contributed by atoms with Crippen LogP contribution in [0.1, 0.15) is 20.8 Å². The lowest BCUT2D eigenvalue weighted by Crippen LogP contribution is -2.30. The highest BCUT2D eigenvalue weighted by Gasteiger charge is 2.12. The van der Waals surface area contributed by atoms with Gasteiger partial charge in [-0.3, -0.25) is 14.4 Å². The number of para-hydroxylation sites is 1. The zero-order valence-corrected chi connectivity index (χ0v) is 14.0. The lowest BCUT2D eigenvalue weighted by atomic mass is 10.2. The Morgan fingerprint density at radius 1 is 1.00 bits per heavy atom. The number of fused-ring (bicyclic) bond motifs is 1. The van der Waals surface area contributed by atoms with Gasteiger partial charge in [-0.2, -0.15) is 0 Å². The van der Waals surface area contributed by atoms with E-state index in [-0.39, 0.29) is 12.5 Å². The number of hydrogen-bond acceptors (Lipinski definition) is 4. The topological polar surface area (TPSA) is 100 Å². The fourth-order valence-corrected chi connectivity index (χ4v) is 2.46. The minimum absolute atomic E-state index is 0.221. The quantitative estimate of drug-likeness (QED) is 0.614. The number of H-pyrrole nitrogens is 1. The van der Waals surface area contributed by atoms with Gasteiger partial charge in [0.25, 0.3) is 11.8 Å². The highest BCUT2D eigenvalue weighted by atomic mass is 16.5. The number of anilines is 1. The monoisotopic (exact) mass is 351 g/mol. The van der Waals surface area contributed by atoms with Crippen LogP contribution in [0.25, 0.3) is 10.9 Å². The van der Waals surface area contributed by atoms with E-state index in [1.165, 1.54) is 13.2 Å². The maximum Gasteiger partial charge on any atom is 0.325 e. The highest BCUT2D eigenvalue weighted by Crippen LogP contribution is 2.17. The predicted octanol–water partition coefficient (Wildman–Crippen LogP) is 2.32. The van der Waals surface area contributed by atoms with Crippen molar-refractivity contribution in [3.05, 3.63) is 65.9 Å². The molecule has 0 saturated heterocycles. The maximum absolute atomic E-state index is 12.4. The first-order chi connectivity index (χ1) is 12.6. The van der Waals surface area contributed by atoms with E-state index in [0.29, 0.717) is 16.9 Å². The van der Waals surface area contributed by atoms with E-state index >= 15 is 0 Å². The number of methoxy groups -OCH3 is 1. The first-order valence-electron chi connectivity index (χ1n) is 7.91. The Kier molecular flexibility index (Phi) is 4.98. The van der Waals surface area contributed by atoms with Crippen LogP contribution in [0.3, 0.4) is 0 Å². The Bertz CT molecular complexity index is 945. The van der Waals surface area contributed by atoms with Gasteiger partial charge in [-0.1, -0.05) is 24.3 Å². The number of aromatic nitrogens is 1. The molecule has 7 heteroatoms. The third-order valence-corrected chi connectivity index (χ3v) is 3.78. The van der Waals surface area contributed by atoms with Gasteiger partial charge in [-0.25, -0.2) is 0 Å². The van der Waals surface area contributed by atoms with E-state index in [2.05, 4.69) is 20.4 Å². The molecule has 0 radical (unpaired) electrons. The number of amides is 2. The summed E-state index contributed by atoms with van der Waals surface area (Å²) in [6.07, 6.45) is 0. The summed E-state index contributed by atoms with van der Waals surface area (Å²) in [5.74, 6) is -1.29. The van der Waals surface area contributed by atoms with Crippen molar-refractivity contribution in [2.75, 3.05) is 19.0 Å². The Hall–Kier alpha value is -3.61. The molecule has 2 amide bonds. The Morgan fingerprint density at radius 2 is 1.81 bits per heavy atom. The largest absolute Gasteiger partial charge is 0.468 e. The van der Waals surface area contributed by atoms with E-state index in [0.717, 1.165) is 10.9 Å². The molecule has 26 heavy (non-hydrogen) atoms. The van der Waals surface area contributed by atoms with Crippen molar-refractivity contribution >= 4 is 34.4 Å². The Morgan fingerprint density at radius 3 is 2.58 bits per heavy atom. The van der Waals surface area contributed by atoms with E-state index in [1.807, 2.05) is 24.3 Å². The van der Waals surface area contributed by atoms with Crippen LogP contribution < -0.4 is 10.6 Å². The number of benzene rings is 2. The van der Waals surface area contributed by atoms with Gasteiger partial charge >= 0.3 is 5.97 Å². The molecule has 0 bridgehead atoms. The van der Waals surface area contributed by atoms with Crippen molar-refractivity contribution in [1.29, 1.82) is 0 Å². The van der Waals surface area contributed by atoms with Crippen LogP contribution >= 0.6 is 0 Å². The van der Waals surface area contributed by atoms with Gasteiger partial charge in [0.05, 0.1) is 7.11 Å². The maximum atomic E-state index is 12.4. The molecular weight excluding hydrogens is 334 g/mol. The zero-order valence-electron chi connectivity index (χ0n) is 14.0. The second kappa shape index (κ2) is 7.52. The number of carbonyl (C=O) groups excluding carboxylic acids is 3. The summed E-state index contributed by atoms with van der Waals surface area (Å²) < 4.78 is 4.47. The van der Waals surface area contributed by atoms with Crippen LogP contribution in [0, 0.1) is 0 Å². The number of esters is 1. The molecule has 3 aromatic rings. The first-order valence-corrected chi connectivity index (χ1v) is 7.91. The zero-order chi connectivity index (χ0) is 18.5. The molecule has 0 aliphatic heterocycles. The highest BCUT2D eigenvalue weighted by molar-refractivity contribution is 6.06. The Labute approximate surface area is 149 Å². The average molecular weight is 351 g/mol. The molecule has 0 spiro atoms. The molecular formula is C19H17N3O4. The van der Waals surface area contributed by atoms with Crippen LogP contribution in [0.5, 0.6) is 0 Å². The minimum Gasteiger partial charge on any atom is -0.468 e. The molecule has 132 valence electrons. The van der Waals surface area contributed by atoms with Crippen molar-refractivity contribution in [1.82, 2.24) is 10.3 Å². The minimum atomic E-state index is -0.540. The molecule has 2 aromatic carbocycles. The molecule has 0 fully saturated rings. The second-order valence-corrected chi connectivity index (χ2v) is 5.56. The summed E-state index contributed by atoms with van der Waals surface area (Å²) in [6, 6.07) is 15.8. The summed E-state index contributed by atoms with van der Waals surface area (Å²) in [7, 11) is 1.24. The number of ether oxygens (including phenoxy) is 1.